The second-order valence-corrected chi connectivity index (χ2v) is 4.94. The van der Waals surface area contributed by atoms with Gasteiger partial charge in [0, 0.05) is 6.04 Å². The molecule has 0 aromatic heterocycles. The second-order valence-electron chi connectivity index (χ2n) is 4.94. The summed E-state index contributed by atoms with van der Waals surface area (Å²) in [6.45, 7) is 7.85. The zero-order valence-corrected chi connectivity index (χ0v) is 12.4. The van der Waals surface area contributed by atoms with E-state index in [1.807, 2.05) is 19.1 Å². The summed E-state index contributed by atoms with van der Waals surface area (Å²) in [6.07, 6.45) is 2.46. The van der Waals surface area contributed by atoms with Crippen LogP contribution < -0.4 is 10.1 Å². The summed E-state index contributed by atoms with van der Waals surface area (Å²) in [5.41, 5.74) is 1.25. The molecule has 0 saturated heterocycles. The maximum atomic E-state index is 9.50. The first kappa shape index (κ1) is 16.0. The molecule has 19 heavy (non-hydrogen) atoms. The standard InChI is InChI=1S/C16H27NO2/c1-4-12-19-16-8-6-14(7-9-16)13(3)17-11-10-15(18)5-2/h6-9,13,15,17-18H,4-5,10-12H2,1-3H3. The summed E-state index contributed by atoms with van der Waals surface area (Å²) in [4.78, 5) is 0. The molecule has 0 radical (unpaired) electrons. The summed E-state index contributed by atoms with van der Waals surface area (Å²) in [7, 11) is 0. The maximum Gasteiger partial charge on any atom is 0.119 e. The van der Waals surface area contributed by atoms with Gasteiger partial charge in [-0.1, -0.05) is 26.0 Å². The number of hydrogen-bond donors (Lipinski definition) is 2. The molecule has 0 amide bonds. The van der Waals surface area contributed by atoms with Gasteiger partial charge in [-0.3, -0.25) is 0 Å². The van der Waals surface area contributed by atoms with E-state index in [1.165, 1.54) is 5.56 Å². The van der Waals surface area contributed by atoms with Crippen LogP contribution in [-0.4, -0.2) is 24.4 Å². The predicted molar refractivity (Wildman–Crippen MR) is 79.6 cm³/mol. The Morgan fingerprint density at radius 3 is 2.47 bits per heavy atom. The van der Waals surface area contributed by atoms with E-state index in [0.29, 0.717) is 6.04 Å². The lowest BCUT2D eigenvalue weighted by Gasteiger charge is -2.16. The molecule has 2 N–H and O–H groups in total. The van der Waals surface area contributed by atoms with Gasteiger partial charge in [0.05, 0.1) is 12.7 Å². The van der Waals surface area contributed by atoms with Crippen molar-refractivity contribution in [1.82, 2.24) is 5.32 Å². The van der Waals surface area contributed by atoms with Gasteiger partial charge in [-0.2, -0.15) is 0 Å². The molecule has 108 valence electrons. The Bertz CT molecular complexity index is 337. The molecule has 0 saturated carbocycles. The lowest BCUT2D eigenvalue weighted by atomic mass is 10.1. The Labute approximate surface area is 117 Å². The molecule has 2 unspecified atom stereocenters. The van der Waals surface area contributed by atoms with E-state index in [9.17, 15) is 5.11 Å². The lowest BCUT2D eigenvalue weighted by Crippen LogP contribution is -2.23. The van der Waals surface area contributed by atoms with Crippen molar-refractivity contribution in [2.45, 2.75) is 52.2 Å². The van der Waals surface area contributed by atoms with Crippen molar-refractivity contribution in [2.75, 3.05) is 13.2 Å². The molecular formula is C16H27NO2. The topological polar surface area (TPSA) is 41.5 Å². The van der Waals surface area contributed by atoms with Crippen LogP contribution in [0.15, 0.2) is 24.3 Å². The van der Waals surface area contributed by atoms with Crippen LogP contribution in [-0.2, 0) is 0 Å². The van der Waals surface area contributed by atoms with Crippen molar-refractivity contribution < 1.29 is 9.84 Å². The molecule has 0 aliphatic heterocycles. The van der Waals surface area contributed by atoms with Gasteiger partial charge >= 0.3 is 0 Å². The Hall–Kier alpha value is -1.06. The summed E-state index contributed by atoms with van der Waals surface area (Å²) < 4.78 is 5.56. The highest BCUT2D eigenvalue weighted by Crippen LogP contribution is 2.17. The molecule has 1 rings (SSSR count). The largest absolute Gasteiger partial charge is 0.494 e. The lowest BCUT2D eigenvalue weighted by molar-refractivity contribution is 0.159. The monoisotopic (exact) mass is 265 g/mol. The van der Waals surface area contributed by atoms with Gasteiger partial charge < -0.3 is 15.2 Å². The molecule has 0 heterocycles. The quantitative estimate of drug-likeness (QED) is 0.720. The van der Waals surface area contributed by atoms with Crippen LogP contribution in [0.2, 0.25) is 0 Å². The number of hydrogen-bond acceptors (Lipinski definition) is 3. The van der Waals surface area contributed by atoms with Gasteiger partial charge in [-0.15, -0.1) is 0 Å². The van der Waals surface area contributed by atoms with Crippen molar-refractivity contribution in [3.05, 3.63) is 29.8 Å². The van der Waals surface area contributed by atoms with Crippen LogP contribution in [0.5, 0.6) is 5.75 Å². The minimum atomic E-state index is -0.190. The van der Waals surface area contributed by atoms with E-state index in [-0.39, 0.29) is 6.10 Å². The number of nitrogens with one attached hydrogen (secondary N) is 1. The molecule has 0 aliphatic carbocycles. The van der Waals surface area contributed by atoms with E-state index < -0.39 is 0 Å². The fourth-order valence-electron chi connectivity index (χ4n) is 1.86. The molecule has 2 atom stereocenters. The van der Waals surface area contributed by atoms with E-state index in [4.69, 9.17) is 4.74 Å². The summed E-state index contributed by atoms with van der Waals surface area (Å²) in [5.74, 6) is 0.930. The molecule has 1 aromatic rings. The fraction of sp³-hybridized carbons (Fsp3) is 0.625. The normalized spacial score (nSPS) is 14.1. The first-order valence-electron chi connectivity index (χ1n) is 7.31. The van der Waals surface area contributed by atoms with E-state index in [1.54, 1.807) is 0 Å². The highest BCUT2D eigenvalue weighted by molar-refractivity contribution is 5.28. The van der Waals surface area contributed by atoms with Gasteiger partial charge in [0.25, 0.3) is 0 Å². The average Bonchev–Trinajstić information content (AvgIpc) is 2.45. The van der Waals surface area contributed by atoms with E-state index in [2.05, 4.69) is 31.3 Å². The van der Waals surface area contributed by atoms with Crippen molar-refractivity contribution in [3.63, 3.8) is 0 Å². The summed E-state index contributed by atoms with van der Waals surface area (Å²) in [6, 6.07) is 8.52. The van der Waals surface area contributed by atoms with Crippen LogP contribution in [0.3, 0.4) is 0 Å². The number of aliphatic hydroxyl groups excluding tert-OH is 1. The molecule has 0 bridgehead atoms. The molecule has 1 aromatic carbocycles. The smallest absolute Gasteiger partial charge is 0.119 e. The average molecular weight is 265 g/mol. The molecular weight excluding hydrogens is 238 g/mol. The first-order valence-corrected chi connectivity index (χ1v) is 7.31. The molecule has 0 aliphatic rings. The maximum absolute atomic E-state index is 9.50. The molecule has 3 heteroatoms. The molecule has 3 nitrogen and oxygen atoms in total. The Kier molecular flexibility index (Phi) is 7.53. The number of rotatable bonds is 9. The van der Waals surface area contributed by atoms with Crippen LogP contribution in [0, 0.1) is 0 Å². The predicted octanol–water partition coefficient (Wildman–Crippen LogP) is 3.29. The number of benzene rings is 1. The zero-order valence-electron chi connectivity index (χ0n) is 12.4. The van der Waals surface area contributed by atoms with Gasteiger partial charge in [-0.25, -0.2) is 0 Å². The highest BCUT2D eigenvalue weighted by atomic mass is 16.5. The van der Waals surface area contributed by atoms with E-state index in [0.717, 1.165) is 38.2 Å². The summed E-state index contributed by atoms with van der Waals surface area (Å²) in [5, 5.41) is 12.9. The summed E-state index contributed by atoms with van der Waals surface area (Å²) >= 11 is 0. The van der Waals surface area contributed by atoms with Gasteiger partial charge in [0.1, 0.15) is 5.75 Å². The SMILES string of the molecule is CCCOc1ccc(C(C)NCCC(O)CC)cc1. The molecule has 0 fully saturated rings. The Balaban J connectivity index is 2.37. The molecule has 0 spiro atoms. The van der Waals surface area contributed by atoms with Crippen molar-refractivity contribution in [2.24, 2.45) is 0 Å². The third-order valence-corrected chi connectivity index (χ3v) is 3.25. The van der Waals surface area contributed by atoms with E-state index >= 15 is 0 Å². The van der Waals surface area contributed by atoms with Crippen molar-refractivity contribution in [3.8, 4) is 5.75 Å². The Morgan fingerprint density at radius 2 is 1.89 bits per heavy atom. The fourth-order valence-corrected chi connectivity index (χ4v) is 1.86. The number of ether oxygens (including phenoxy) is 1. The minimum absolute atomic E-state index is 0.190. The van der Waals surface area contributed by atoms with Crippen LogP contribution in [0.25, 0.3) is 0 Å². The number of aliphatic hydroxyl groups is 1. The van der Waals surface area contributed by atoms with Crippen molar-refractivity contribution >= 4 is 0 Å². The Morgan fingerprint density at radius 1 is 1.21 bits per heavy atom. The van der Waals surface area contributed by atoms with Gasteiger partial charge in [-0.05, 0) is 50.4 Å². The van der Waals surface area contributed by atoms with Gasteiger partial charge in [0.15, 0.2) is 0 Å². The van der Waals surface area contributed by atoms with Crippen molar-refractivity contribution in [1.29, 1.82) is 0 Å². The van der Waals surface area contributed by atoms with Crippen LogP contribution in [0.4, 0.5) is 0 Å². The van der Waals surface area contributed by atoms with Gasteiger partial charge in [0.2, 0.25) is 0 Å². The van der Waals surface area contributed by atoms with Crippen LogP contribution in [0.1, 0.15) is 51.6 Å². The van der Waals surface area contributed by atoms with Crippen LogP contribution >= 0.6 is 0 Å². The zero-order chi connectivity index (χ0) is 14.1. The third kappa shape index (κ3) is 6.08. The third-order valence-electron chi connectivity index (χ3n) is 3.25. The minimum Gasteiger partial charge on any atom is -0.494 e. The second kappa shape index (κ2) is 8.94. The first-order chi connectivity index (χ1) is 9.17. The highest BCUT2D eigenvalue weighted by Gasteiger charge is 2.06.